The third-order valence-corrected chi connectivity index (χ3v) is 7.92. The van der Waals surface area contributed by atoms with Crippen molar-refractivity contribution in [1.82, 2.24) is 4.90 Å². The molecule has 1 fully saturated rings. The van der Waals surface area contributed by atoms with Crippen molar-refractivity contribution in [3.8, 4) is 11.5 Å². The number of morpholine rings is 1. The van der Waals surface area contributed by atoms with E-state index in [1.807, 2.05) is 12.1 Å². The molecule has 0 saturated carbocycles. The van der Waals surface area contributed by atoms with Crippen LogP contribution in [0.5, 0.6) is 11.5 Å². The van der Waals surface area contributed by atoms with Crippen LogP contribution in [-0.2, 0) is 26.4 Å². The largest absolute Gasteiger partial charge is 0.456 e. The third kappa shape index (κ3) is 5.10. The zero-order valence-electron chi connectivity index (χ0n) is 23.8. The van der Waals surface area contributed by atoms with Crippen molar-refractivity contribution in [2.24, 2.45) is 5.18 Å². The van der Waals surface area contributed by atoms with Gasteiger partial charge in [-0.1, -0.05) is 30.3 Å². The fourth-order valence-electron chi connectivity index (χ4n) is 5.76. The molecule has 0 aliphatic carbocycles. The van der Waals surface area contributed by atoms with Crippen LogP contribution in [-0.4, -0.2) is 49.3 Å². The van der Waals surface area contributed by atoms with E-state index in [0.717, 1.165) is 0 Å². The minimum atomic E-state index is -1.31. The Balaban J connectivity index is 1.19. The van der Waals surface area contributed by atoms with Crippen LogP contribution in [0.4, 0.5) is 26.7 Å². The highest BCUT2D eigenvalue weighted by molar-refractivity contribution is 5.97. The summed E-state index contributed by atoms with van der Waals surface area (Å²) in [6.07, 6.45) is -0.704. The van der Waals surface area contributed by atoms with Crippen molar-refractivity contribution >= 4 is 35.2 Å². The number of hydrogen-bond donors (Lipinski definition) is 2. The molecule has 3 heterocycles. The molecule has 4 aromatic rings. The van der Waals surface area contributed by atoms with Crippen LogP contribution in [0, 0.1) is 4.91 Å². The molecule has 0 bridgehead atoms. The number of esters is 1. The Labute approximate surface area is 256 Å². The number of hydrogen-bond acceptors (Lipinski definition) is 9. The van der Waals surface area contributed by atoms with Gasteiger partial charge < -0.3 is 29.2 Å². The number of amides is 3. The first-order chi connectivity index (χ1) is 21.9. The number of benzene rings is 4. The molecule has 12 heteroatoms. The highest BCUT2D eigenvalue weighted by Gasteiger charge is 2.53. The summed E-state index contributed by atoms with van der Waals surface area (Å²) in [6, 6.07) is 23.5. The number of nitrogens with one attached hydrogen (secondary N) is 2. The van der Waals surface area contributed by atoms with Crippen LogP contribution in [0.25, 0.3) is 0 Å². The number of ether oxygens (including phenoxy) is 4. The SMILES string of the molecule is O=Nc1ccc(COC(=O)Nc2ccc3c(c2)Oc2cc(NC(=O)N4CCOCC4)ccc2C32OC(=O)c3ccccc32)cc1. The van der Waals surface area contributed by atoms with Gasteiger partial charge in [0.1, 0.15) is 23.8 Å². The molecule has 0 radical (unpaired) electrons. The number of nitrogens with zero attached hydrogens (tertiary/aromatic N) is 2. The van der Waals surface area contributed by atoms with E-state index in [1.54, 1.807) is 65.6 Å². The van der Waals surface area contributed by atoms with Gasteiger partial charge in [-0.2, -0.15) is 0 Å². The molecule has 12 nitrogen and oxygen atoms in total. The molecule has 3 aliphatic rings. The van der Waals surface area contributed by atoms with Gasteiger partial charge in [-0.3, -0.25) is 5.32 Å². The van der Waals surface area contributed by atoms with Gasteiger partial charge in [-0.15, -0.1) is 4.91 Å². The lowest BCUT2D eigenvalue weighted by molar-refractivity contribution is 0.0224. The maximum Gasteiger partial charge on any atom is 0.411 e. The average Bonchev–Trinajstić information content (AvgIpc) is 3.36. The summed E-state index contributed by atoms with van der Waals surface area (Å²) in [4.78, 5) is 51.0. The topological polar surface area (TPSA) is 145 Å². The second-order valence-electron chi connectivity index (χ2n) is 10.6. The van der Waals surface area contributed by atoms with E-state index in [1.165, 1.54) is 12.1 Å². The Morgan fingerprint density at radius 1 is 0.844 bits per heavy atom. The van der Waals surface area contributed by atoms with E-state index in [9.17, 15) is 19.3 Å². The minimum absolute atomic E-state index is 0.0193. The molecule has 45 heavy (non-hydrogen) atoms. The van der Waals surface area contributed by atoms with Crippen LogP contribution >= 0.6 is 0 Å². The van der Waals surface area contributed by atoms with Crippen LogP contribution in [0.15, 0.2) is 90.1 Å². The number of carbonyl (C=O) groups is 3. The van der Waals surface area contributed by atoms with E-state index in [4.69, 9.17) is 18.9 Å². The highest BCUT2D eigenvalue weighted by atomic mass is 16.6. The molecule has 226 valence electrons. The number of fused-ring (bicyclic) bond motifs is 6. The van der Waals surface area contributed by atoms with Gasteiger partial charge in [0, 0.05) is 53.3 Å². The summed E-state index contributed by atoms with van der Waals surface area (Å²) in [6.45, 7) is 1.90. The maximum absolute atomic E-state index is 13.2. The second kappa shape index (κ2) is 11.4. The summed E-state index contributed by atoms with van der Waals surface area (Å²) in [5, 5.41) is 8.47. The molecule has 0 aromatic heterocycles. The van der Waals surface area contributed by atoms with Gasteiger partial charge in [-0.25, -0.2) is 14.4 Å². The number of nitroso groups, excluding NO2 is 1. The van der Waals surface area contributed by atoms with Gasteiger partial charge >= 0.3 is 18.1 Å². The smallest absolute Gasteiger partial charge is 0.411 e. The summed E-state index contributed by atoms with van der Waals surface area (Å²) >= 11 is 0. The summed E-state index contributed by atoms with van der Waals surface area (Å²) in [5.41, 5.74) is 2.77. The van der Waals surface area contributed by atoms with Gasteiger partial charge in [-0.05, 0) is 53.2 Å². The van der Waals surface area contributed by atoms with E-state index < -0.39 is 17.7 Å². The van der Waals surface area contributed by atoms with Gasteiger partial charge in [0.05, 0.1) is 18.8 Å². The van der Waals surface area contributed by atoms with Crippen LogP contribution in [0.1, 0.15) is 32.6 Å². The number of anilines is 2. The number of urea groups is 1. The Kier molecular flexibility index (Phi) is 7.10. The Morgan fingerprint density at radius 2 is 1.51 bits per heavy atom. The fraction of sp³-hybridized carbons (Fsp3) is 0.182. The van der Waals surface area contributed by atoms with E-state index in [2.05, 4.69) is 15.8 Å². The van der Waals surface area contributed by atoms with Crippen molar-refractivity contribution in [1.29, 1.82) is 0 Å². The predicted octanol–water partition coefficient (Wildman–Crippen LogP) is 6.27. The molecule has 1 unspecified atom stereocenters. The normalized spacial score (nSPS) is 17.7. The number of carbonyl (C=O) groups excluding carboxylic acids is 3. The quantitative estimate of drug-likeness (QED) is 0.200. The van der Waals surface area contributed by atoms with Crippen LogP contribution in [0.2, 0.25) is 0 Å². The molecule has 3 aliphatic heterocycles. The fourth-order valence-corrected chi connectivity index (χ4v) is 5.76. The molecule has 7 rings (SSSR count). The van der Waals surface area contributed by atoms with Gasteiger partial charge in [0.15, 0.2) is 5.60 Å². The second-order valence-corrected chi connectivity index (χ2v) is 10.6. The first-order valence-electron chi connectivity index (χ1n) is 14.2. The predicted molar refractivity (Wildman–Crippen MR) is 162 cm³/mol. The average molecular weight is 607 g/mol. The zero-order valence-corrected chi connectivity index (χ0v) is 23.8. The van der Waals surface area contributed by atoms with E-state index in [-0.39, 0.29) is 18.3 Å². The lowest BCUT2D eigenvalue weighted by Gasteiger charge is -2.37. The van der Waals surface area contributed by atoms with Crippen LogP contribution in [0.3, 0.4) is 0 Å². The van der Waals surface area contributed by atoms with Crippen LogP contribution < -0.4 is 15.4 Å². The highest BCUT2D eigenvalue weighted by Crippen LogP contribution is 2.56. The van der Waals surface area contributed by atoms with Gasteiger partial charge in [0.25, 0.3) is 0 Å². The number of rotatable bonds is 5. The van der Waals surface area contributed by atoms with Gasteiger partial charge in [0.2, 0.25) is 0 Å². The van der Waals surface area contributed by atoms with Crippen molar-refractivity contribution in [2.75, 3.05) is 36.9 Å². The molecule has 1 spiro atoms. The first kappa shape index (κ1) is 28.0. The van der Waals surface area contributed by atoms with E-state index >= 15 is 0 Å². The molecule has 4 aromatic carbocycles. The van der Waals surface area contributed by atoms with Crippen molar-refractivity contribution in [3.05, 3.63) is 118 Å². The monoisotopic (exact) mass is 606 g/mol. The molecule has 1 atom stereocenters. The van der Waals surface area contributed by atoms with Crippen molar-refractivity contribution in [2.45, 2.75) is 12.2 Å². The third-order valence-electron chi connectivity index (χ3n) is 7.92. The Bertz CT molecular complexity index is 1840. The first-order valence-corrected chi connectivity index (χ1v) is 14.2. The Morgan fingerprint density at radius 3 is 2.20 bits per heavy atom. The summed E-state index contributed by atoms with van der Waals surface area (Å²) < 4.78 is 23.2. The standard InChI is InChI=1S/C33H26N4O8/c38-30-24-3-1-2-4-25(24)33(45-30)26-11-9-22(34-31(39)37-13-15-42-16-14-37)17-28(26)44-29-18-23(10-12-27(29)33)35-32(40)43-19-20-5-7-21(36-41)8-6-20/h1-12,17-18H,13-16,19H2,(H,34,39)(H,35,40). The summed E-state index contributed by atoms with van der Waals surface area (Å²) in [5.74, 6) is 0.245. The lowest BCUT2D eigenvalue weighted by atomic mass is 9.77. The van der Waals surface area contributed by atoms with Crippen molar-refractivity contribution < 1.29 is 33.3 Å². The van der Waals surface area contributed by atoms with Crippen molar-refractivity contribution in [3.63, 3.8) is 0 Å². The Hall–Kier alpha value is -5.75. The van der Waals surface area contributed by atoms with E-state index in [0.29, 0.717) is 77.0 Å². The molecule has 2 N–H and O–H groups in total. The zero-order chi connectivity index (χ0) is 31.0. The lowest BCUT2D eigenvalue weighted by Crippen LogP contribution is -2.43. The maximum atomic E-state index is 13.2. The summed E-state index contributed by atoms with van der Waals surface area (Å²) in [7, 11) is 0. The minimum Gasteiger partial charge on any atom is -0.456 e. The molecular weight excluding hydrogens is 580 g/mol. The molecule has 3 amide bonds. The molecular formula is C33H26N4O8. The molecule has 1 saturated heterocycles.